The van der Waals surface area contributed by atoms with Crippen LogP contribution in [0.1, 0.15) is 79.5 Å². The summed E-state index contributed by atoms with van der Waals surface area (Å²) in [6.45, 7) is 8.16. The lowest BCUT2D eigenvalue weighted by Gasteiger charge is -2.14. The average Bonchev–Trinajstić information content (AvgIpc) is 3.38. The number of ketones is 2. The Morgan fingerprint density at radius 2 is 1.44 bits per heavy atom. The van der Waals surface area contributed by atoms with Gasteiger partial charge in [-0.25, -0.2) is 0 Å². The number of rotatable bonds is 12. The van der Waals surface area contributed by atoms with E-state index >= 15 is 0 Å². The van der Waals surface area contributed by atoms with Gasteiger partial charge in [-0.1, -0.05) is 44.8 Å². The van der Waals surface area contributed by atoms with E-state index in [9.17, 15) is 9.59 Å². The molecule has 0 N–H and O–H groups in total. The van der Waals surface area contributed by atoms with E-state index < -0.39 is 0 Å². The molecule has 4 nitrogen and oxygen atoms in total. The summed E-state index contributed by atoms with van der Waals surface area (Å²) >= 11 is 0. The summed E-state index contributed by atoms with van der Waals surface area (Å²) < 4.78 is 10.9. The van der Waals surface area contributed by atoms with E-state index in [0.717, 1.165) is 30.8 Å². The topological polar surface area (TPSA) is 52.6 Å². The highest BCUT2D eigenvalue weighted by Gasteiger charge is 2.20. The van der Waals surface area contributed by atoms with Crippen molar-refractivity contribution in [3.05, 3.63) is 83.0 Å². The lowest BCUT2D eigenvalue weighted by molar-refractivity contribution is 0.100. The lowest BCUT2D eigenvalue weighted by atomic mass is 9.90. The SMILES string of the molecule is C=C(COC)C(=O)c1ccc(Oc2ccc(C(=O)/C(CCC3CCCC3)=C(/C)CC)cc2)cc1. The van der Waals surface area contributed by atoms with Crippen molar-refractivity contribution in [3.63, 3.8) is 0 Å². The van der Waals surface area contributed by atoms with E-state index in [0.29, 0.717) is 28.2 Å². The molecule has 1 aliphatic rings. The quantitative estimate of drug-likeness (QED) is 0.240. The van der Waals surface area contributed by atoms with Crippen molar-refractivity contribution in [2.45, 2.75) is 58.8 Å². The van der Waals surface area contributed by atoms with Crippen LogP contribution in [0.15, 0.2) is 71.8 Å². The van der Waals surface area contributed by atoms with Crippen LogP contribution < -0.4 is 4.74 Å². The van der Waals surface area contributed by atoms with Crippen LogP contribution in [0.25, 0.3) is 0 Å². The summed E-state index contributed by atoms with van der Waals surface area (Å²) in [5.74, 6) is 2.01. The summed E-state index contributed by atoms with van der Waals surface area (Å²) in [5, 5.41) is 0. The summed E-state index contributed by atoms with van der Waals surface area (Å²) in [6, 6.07) is 14.2. The Balaban J connectivity index is 1.64. The minimum atomic E-state index is -0.143. The monoisotopic (exact) mass is 460 g/mol. The van der Waals surface area contributed by atoms with Gasteiger partial charge in [-0.3, -0.25) is 9.59 Å². The number of methoxy groups -OCH3 is 1. The van der Waals surface area contributed by atoms with Crippen molar-refractivity contribution in [2.75, 3.05) is 13.7 Å². The number of hydrogen-bond donors (Lipinski definition) is 0. The Bertz CT molecular complexity index is 1020. The molecule has 0 spiro atoms. The highest BCUT2D eigenvalue weighted by molar-refractivity contribution is 6.09. The summed E-state index contributed by atoms with van der Waals surface area (Å²) in [7, 11) is 1.53. The Hall–Kier alpha value is -2.98. The van der Waals surface area contributed by atoms with Gasteiger partial charge in [0.05, 0.1) is 6.61 Å². The Morgan fingerprint density at radius 1 is 0.912 bits per heavy atom. The van der Waals surface area contributed by atoms with E-state index in [4.69, 9.17) is 9.47 Å². The molecule has 0 saturated heterocycles. The molecule has 0 aromatic heterocycles. The van der Waals surface area contributed by atoms with Gasteiger partial charge in [-0.15, -0.1) is 0 Å². The fourth-order valence-electron chi connectivity index (χ4n) is 4.48. The number of benzene rings is 2. The van der Waals surface area contributed by atoms with Crippen LogP contribution in [0.2, 0.25) is 0 Å². The number of carbonyl (C=O) groups is 2. The molecule has 0 aliphatic heterocycles. The number of hydrogen-bond acceptors (Lipinski definition) is 4. The highest BCUT2D eigenvalue weighted by atomic mass is 16.5. The van der Waals surface area contributed by atoms with Gasteiger partial charge in [0.15, 0.2) is 11.6 Å². The summed E-state index contributed by atoms with van der Waals surface area (Å²) in [4.78, 5) is 25.6. The molecule has 2 aromatic rings. The standard InChI is InChI=1S/C30H36O4/c1-5-21(2)28(19-10-23-8-6-7-9-23)30(32)25-13-17-27(18-14-25)34-26-15-11-24(12-16-26)29(31)22(3)20-33-4/h11-18,23H,3,5-10,19-20H2,1-2,4H3/b28-21-. The van der Waals surface area contributed by atoms with E-state index in [2.05, 4.69) is 20.4 Å². The molecule has 0 unspecified atom stereocenters. The van der Waals surface area contributed by atoms with Gasteiger partial charge < -0.3 is 9.47 Å². The molecule has 4 heteroatoms. The van der Waals surface area contributed by atoms with Gasteiger partial charge in [0.25, 0.3) is 0 Å². The second-order valence-corrected chi connectivity index (χ2v) is 9.15. The van der Waals surface area contributed by atoms with Gasteiger partial charge >= 0.3 is 0 Å². The first-order valence-electron chi connectivity index (χ1n) is 12.3. The molecule has 0 heterocycles. The third-order valence-corrected chi connectivity index (χ3v) is 6.71. The third kappa shape index (κ3) is 6.77. The smallest absolute Gasteiger partial charge is 0.190 e. The largest absolute Gasteiger partial charge is 0.457 e. The molecular weight excluding hydrogens is 424 g/mol. The van der Waals surface area contributed by atoms with Gasteiger partial charge in [-0.05, 0) is 86.2 Å². The fourth-order valence-corrected chi connectivity index (χ4v) is 4.48. The van der Waals surface area contributed by atoms with Crippen molar-refractivity contribution in [3.8, 4) is 11.5 Å². The van der Waals surface area contributed by atoms with Crippen molar-refractivity contribution >= 4 is 11.6 Å². The molecule has 0 atom stereocenters. The molecule has 34 heavy (non-hydrogen) atoms. The van der Waals surface area contributed by atoms with Crippen LogP contribution in [-0.4, -0.2) is 25.3 Å². The molecule has 0 amide bonds. The van der Waals surface area contributed by atoms with Gasteiger partial charge in [0, 0.05) is 23.8 Å². The fraction of sp³-hybridized carbons (Fsp3) is 0.400. The van der Waals surface area contributed by atoms with Crippen LogP contribution in [0.4, 0.5) is 0 Å². The zero-order valence-electron chi connectivity index (χ0n) is 20.7. The Labute approximate surface area is 203 Å². The number of carbonyl (C=O) groups excluding carboxylic acids is 2. The number of allylic oxidation sites excluding steroid dienone is 2. The molecule has 0 bridgehead atoms. The average molecular weight is 461 g/mol. The predicted octanol–water partition coefficient (Wildman–Crippen LogP) is 7.74. The molecule has 1 aliphatic carbocycles. The van der Waals surface area contributed by atoms with Crippen LogP contribution in [-0.2, 0) is 4.74 Å². The molecule has 180 valence electrons. The zero-order valence-corrected chi connectivity index (χ0v) is 20.7. The van der Waals surface area contributed by atoms with E-state index in [1.165, 1.54) is 38.4 Å². The maximum atomic E-state index is 13.3. The van der Waals surface area contributed by atoms with Crippen molar-refractivity contribution in [1.29, 1.82) is 0 Å². The van der Waals surface area contributed by atoms with Gasteiger partial charge in [-0.2, -0.15) is 0 Å². The molecule has 1 fully saturated rings. The third-order valence-electron chi connectivity index (χ3n) is 6.71. The van der Waals surface area contributed by atoms with E-state index in [1.807, 2.05) is 24.3 Å². The summed E-state index contributed by atoms with van der Waals surface area (Å²) in [5.41, 5.74) is 3.80. The van der Waals surface area contributed by atoms with Crippen molar-refractivity contribution in [2.24, 2.45) is 5.92 Å². The molecule has 0 radical (unpaired) electrons. The minimum absolute atomic E-state index is 0.128. The first-order valence-corrected chi connectivity index (χ1v) is 12.3. The number of ether oxygens (including phenoxy) is 2. The van der Waals surface area contributed by atoms with E-state index in [1.54, 1.807) is 24.3 Å². The van der Waals surface area contributed by atoms with Crippen LogP contribution in [0.3, 0.4) is 0 Å². The first kappa shape index (κ1) is 25.6. The highest BCUT2D eigenvalue weighted by Crippen LogP contribution is 2.32. The van der Waals surface area contributed by atoms with Crippen molar-refractivity contribution < 1.29 is 19.1 Å². The Kier molecular flexibility index (Phi) is 9.41. The lowest BCUT2D eigenvalue weighted by Crippen LogP contribution is -2.08. The maximum absolute atomic E-state index is 13.3. The minimum Gasteiger partial charge on any atom is -0.457 e. The predicted molar refractivity (Wildman–Crippen MR) is 137 cm³/mol. The normalized spacial score (nSPS) is 14.6. The van der Waals surface area contributed by atoms with Crippen LogP contribution in [0, 0.1) is 5.92 Å². The second-order valence-electron chi connectivity index (χ2n) is 9.15. The molecule has 3 rings (SSSR count). The second kappa shape index (κ2) is 12.5. The Morgan fingerprint density at radius 3 is 1.94 bits per heavy atom. The van der Waals surface area contributed by atoms with Crippen molar-refractivity contribution in [1.82, 2.24) is 0 Å². The van der Waals surface area contributed by atoms with Gasteiger partial charge in [0.1, 0.15) is 11.5 Å². The first-order chi connectivity index (χ1) is 16.4. The number of Topliss-reactive ketones (excluding diaryl/α,β-unsaturated/α-hetero) is 2. The molecule has 1 saturated carbocycles. The van der Waals surface area contributed by atoms with Gasteiger partial charge in [0.2, 0.25) is 0 Å². The zero-order chi connectivity index (χ0) is 24.5. The molecule has 2 aromatic carbocycles. The molecular formula is C30H36O4. The van der Waals surface area contributed by atoms with Crippen LogP contribution in [0.5, 0.6) is 11.5 Å². The van der Waals surface area contributed by atoms with E-state index in [-0.39, 0.29) is 18.2 Å². The van der Waals surface area contributed by atoms with Crippen LogP contribution >= 0.6 is 0 Å². The maximum Gasteiger partial charge on any atom is 0.190 e. The summed E-state index contributed by atoms with van der Waals surface area (Å²) in [6.07, 6.45) is 8.12.